The van der Waals surface area contributed by atoms with Crippen LogP contribution in [0.5, 0.6) is 0 Å². The Kier molecular flexibility index (Phi) is 6.82. The number of ketones is 2. The van der Waals surface area contributed by atoms with Crippen LogP contribution < -0.4 is 5.73 Å². The number of aryl methyl sites for hydroxylation is 2. The number of nitrogen functional groups attached to an aromatic ring is 1. The van der Waals surface area contributed by atoms with E-state index in [4.69, 9.17) is 15.2 Å². The number of Topliss-reactive ketones (excluding diaryl/α,β-unsaturated/α-hetero) is 1. The molecule has 2 aromatic rings. The van der Waals surface area contributed by atoms with Crippen molar-refractivity contribution in [3.63, 3.8) is 0 Å². The zero-order chi connectivity index (χ0) is 30.1. The van der Waals surface area contributed by atoms with Crippen molar-refractivity contribution >= 4 is 17.3 Å². The van der Waals surface area contributed by atoms with Crippen molar-refractivity contribution in [3.05, 3.63) is 89.0 Å². The number of ether oxygens (including phenoxy) is 2. The van der Waals surface area contributed by atoms with Crippen LogP contribution in [0.2, 0.25) is 0 Å². The minimum atomic E-state index is -1.35. The summed E-state index contributed by atoms with van der Waals surface area (Å²) in [5, 5.41) is 22.1. The predicted molar refractivity (Wildman–Crippen MR) is 162 cm³/mol. The molecule has 7 heteroatoms. The highest BCUT2D eigenvalue weighted by molar-refractivity contribution is 6.01. The molecule has 226 valence electrons. The van der Waals surface area contributed by atoms with Gasteiger partial charge in [0.25, 0.3) is 0 Å². The van der Waals surface area contributed by atoms with Crippen molar-refractivity contribution in [2.24, 2.45) is 28.6 Å². The fraction of sp³-hybridized carbons (Fsp3) is 0.500. The number of fused-ring (bicyclic) bond motifs is 7. The van der Waals surface area contributed by atoms with E-state index in [-0.39, 0.29) is 29.3 Å². The van der Waals surface area contributed by atoms with Crippen LogP contribution in [0.1, 0.15) is 62.5 Å². The third-order valence-electron chi connectivity index (χ3n) is 11.7. The number of anilines is 1. The summed E-state index contributed by atoms with van der Waals surface area (Å²) in [6.45, 7) is 3.56. The lowest BCUT2D eigenvalue weighted by Gasteiger charge is -2.59. The van der Waals surface area contributed by atoms with Gasteiger partial charge in [-0.05, 0) is 85.8 Å². The molecule has 0 unspecified atom stereocenters. The minimum absolute atomic E-state index is 0.00567. The van der Waals surface area contributed by atoms with Crippen molar-refractivity contribution in [3.8, 4) is 0 Å². The van der Waals surface area contributed by atoms with Crippen LogP contribution in [0, 0.1) is 28.6 Å². The second kappa shape index (κ2) is 10.2. The van der Waals surface area contributed by atoms with E-state index in [2.05, 4.69) is 26.0 Å². The summed E-state index contributed by atoms with van der Waals surface area (Å²) in [6.07, 6.45) is 7.71. The van der Waals surface area contributed by atoms with Gasteiger partial charge >= 0.3 is 0 Å². The quantitative estimate of drug-likeness (QED) is 0.424. The number of allylic oxidation sites excluding steroid dienone is 4. The van der Waals surface area contributed by atoms with E-state index in [1.54, 1.807) is 12.2 Å². The number of aliphatic hydroxyl groups is 2. The molecule has 0 bridgehead atoms. The molecule has 7 rings (SSSR count). The van der Waals surface area contributed by atoms with Gasteiger partial charge in [-0.2, -0.15) is 0 Å². The van der Waals surface area contributed by atoms with Gasteiger partial charge in [0.15, 0.2) is 23.5 Å². The van der Waals surface area contributed by atoms with Gasteiger partial charge in [0, 0.05) is 28.0 Å². The zero-order valence-electron chi connectivity index (χ0n) is 24.9. The lowest BCUT2D eigenvalue weighted by molar-refractivity contribution is -0.201. The van der Waals surface area contributed by atoms with Crippen LogP contribution >= 0.6 is 0 Å². The molecule has 43 heavy (non-hydrogen) atoms. The molecule has 4 aliphatic carbocycles. The number of benzene rings is 2. The molecule has 9 atom stereocenters. The van der Waals surface area contributed by atoms with Gasteiger partial charge in [-0.15, -0.1) is 0 Å². The van der Waals surface area contributed by atoms with Crippen molar-refractivity contribution in [1.82, 2.24) is 0 Å². The van der Waals surface area contributed by atoms with Crippen LogP contribution in [0.15, 0.2) is 72.3 Å². The monoisotopic (exact) mass is 583 g/mol. The van der Waals surface area contributed by atoms with E-state index in [9.17, 15) is 19.8 Å². The number of nitrogens with two attached hydrogens (primary N) is 1. The molecule has 4 N–H and O–H groups in total. The highest BCUT2D eigenvalue weighted by Crippen LogP contribution is 2.70. The van der Waals surface area contributed by atoms with Gasteiger partial charge in [-0.1, -0.05) is 61.9 Å². The summed E-state index contributed by atoms with van der Waals surface area (Å²) in [5.74, 6) is -0.237. The first kappa shape index (κ1) is 28.7. The van der Waals surface area contributed by atoms with E-state index in [1.165, 1.54) is 5.56 Å². The van der Waals surface area contributed by atoms with E-state index >= 15 is 0 Å². The summed E-state index contributed by atoms with van der Waals surface area (Å²) in [6, 6.07) is 16.0. The number of hydrogen-bond donors (Lipinski definition) is 3. The number of carbonyl (C=O) groups is 2. The standard InChI is InChI=1S/C36H41NO6/c1-34-15-14-26(39)17-24(34)10-13-27-28-18-31-36(30(41)20-38,35(28,2)19-29(40)32(27)34)43-33(42-31)23-5-3-4-22(16-23)7-6-21-8-11-25(37)12-9-21/h3-5,8-9,11-12,14-17,27-29,31-33,38,40H,6-7,10,13,18-20,37H2,1-2H3/t27-,28-,29-,31+,32+,33+,34-,35-,36+/m0/s1. The number of carbonyl (C=O) groups excluding carboxylic acids is 2. The van der Waals surface area contributed by atoms with Crippen LogP contribution in [0.4, 0.5) is 5.69 Å². The number of aliphatic hydroxyl groups excluding tert-OH is 2. The molecule has 2 aromatic carbocycles. The third-order valence-corrected chi connectivity index (χ3v) is 11.7. The Hall–Kier alpha value is -3.10. The Morgan fingerprint density at radius 2 is 1.86 bits per heavy atom. The first-order valence-corrected chi connectivity index (χ1v) is 15.6. The Labute approximate surface area is 252 Å². The second-order valence-corrected chi connectivity index (χ2v) is 13.8. The van der Waals surface area contributed by atoms with Gasteiger partial charge < -0.3 is 25.4 Å². The molecule has 5 aliphatic rings. The fourth-order valence-electron chi connectivity index (χ4n) is 9.70. The summed E-state index contributed by atoms with van der Waals surface area (Å²) < 4.78 is 13.4. The maximum absolute atomic E-state index is 13.8. The van der Waals surface area contributed by atoms with Gasteiger partial charge in [0.05, 0.1) is 12.2 Å². The van der Waals surface area contributed by atoms with Gasteiger partial charge in [-0.3, -0.25) is 9.59 Å². The summed E-state index contributed by atoms with van der Waals surface area (Å²) in [4.78, 5) is 26.0. The Balaban J connectivity index is 1.17. The van der Waals surface area contributed by atoms with Gasteiger partial charge in [0.2, 0.25) is 0 Å². The van der Waals surface area contributed by atoms with Crippen molar-refractivity contribution in [1.29, 1.82) is 0 Å². The molecule has 1 heterocycles. The molecule has 7 nitrogen and oxygen atoms in total. The van der Waals surface area contributed by atoms with E-state index < -0.39 is 41.5 Å². The maximum Gasteiger partial charge on any atom is 0.193 e. The second-order valence-electron chi connectivity index (χ2n) is 13.8. The molecule has 0 amide bonds. The minimum Gasteiger partial charge on any atom is -0.399 e. The van der Waals surface area contributed by atoms with Crippen molar-refractivity contribution in [2.45, 2.75) is 76.5 Å². The fourth-order valence-corrected chi connectivity index (χ4v) is 9.70. The van der Waals surface area contributed by atoms with Crippen LogP contribution in [0.3, 0.4) is 0 Å². The van der Waals surface area contributed by atoms with Crippen LogP contribution in [-0.4, -0.2) is 46.2 Å². The third kappa shape index (κ3) is 4.23. The Bertz CT molecular complexity index is 1510. The van der Waals surface area contributed by atoms with Gasteiger partial charge in [-0.25, -0.2) is 0 Å². The molecule has 1 aliphatic heterocycles. The van der Waals surface area contributed by atoms with E-state index in [0.29, 0.717) is 12.8 Å². The van der Waals surface area contributed by atoms with Crippen LogP contribution in [0.25, 0.3) is 0 Å². The topological polar surface area (TPSA) is 119 Å². The average Bonchev–Trinajstić information content (AvgIpc) is 3.50. The van der Waals surface area contributed by atoms with Crippen molar-refractivity contribution < 1.29 is 29.3 Å². The van der Waals surface area contributed by atoms with E-state index in [1.807, 2.05) is 42.5 Å². The Morgan fingerprint density at radius 3 is 2.63 bits per heavy atom. The Morgan fingerprint density at radius 1 is 1.09 bits per heavy atom. The summed E-state index contributed by atoms with van der Waals surface area (Å²) >= 11 is 0. The largest absolute Gasteiger partial charge is 0.399 e. The SMILES string of the molecule is C[C@]12C=CC(=O)C=C1CC[C@@H]1[C@@H]2[C@@H](O)C[C@@]2(C)[C@H]1C[C@H]1O[C@@H](c3cccc(CCc4ccc(N)cc4)c3)O[C@]12C(=O)CO. The average molecular weight is 584 g/mol. The lowest BCUT2D eigenvalue weighted by Crippen LogP contribution is -2.63. The highest BCUT2D eigenvalue weighted by atomic mass is 16.7. The predicted octanol–water partition coefficient (Wildman–Crippen LogP) is 4.66. The number of hydrogen-bond acceptors (Lipinski definition) is 7. The molecule has 0 radical (unpaired) electrons. The molecule has 0 spiro atoms. The number of rotatable bonds is 6. The molecular formula is C36H41NO6. The zero-order valence-corrected chi connectivity index (χ0v) is 24.9. The van der Waals surface area contributed by atoms with Crippen molar-refractivity contribution in [2.75, 3.05) is 12.3 Å². The first-order valence-electron chi connectivity index (χ1n) is 15.6. The molecule has 1 saturated heterocycles. The highest BCUT2D eigenvalue weighted by Gasteiger charge is 2.75. The summed E-state index contributed by atoms with van der Waals surface area (Å²) in [7, 11) is 0. The lowest BCUT2D eigenvalue weighted by atomic mass is 9.46. The molecule has 3 saturated carbocycles. The molecule has 0 aromatic heterocycles. The molecular weight excluding hydrogens is 542 g/mol. The first-order chi connectivity index (χ1) is 20.6. The van der Waals surface area contributed by atoms with E-state index in [0.717, 1.165) is 48.1 Å². The smallest absolute Gasteiger partial charge is 0.193 e. The molecule has 4 fully saturated rings. The van der Waals surface area contributed by atoms with Crippen LogP contribution in [-0.2, 0) is 31.9 Å². The normalized spacial score (nSPS) is 39.4. The van der Waals surface area contributed by atoms with Gasteiger partial charge in [0.1, 0.15) is 6.61 Å². The summed E-state index contributed by atoms with van der Waals surface area (Å²) in [5.41, 5.74) is 8.39. The maximum atomic E-state index is 13.8.